The Morgan fingerprint density at radius 1 is 1.60 bits per heavy atom. The van der Waals surface area contributed by atoms with E-state index in [1.807, 2.05) is 0 Å². The first-order valence-corrected chi connectivity index (χ1v) is 5.35. The molecule has 0 aliphatic carbocycles. The number of amides is 1. The quantitative estimate of drug-likeness (QED) is 0.647. The van der Waals surface area contributed by atoms with Gasteiger partial charge in [0.15, 0.2) is 0 Å². The summed E-state index contributed by atoms with van der Waals surface area (Å²) in [5, 5.41) is 0. The first-order valence-electron chi connectivity index (χ1n) is 5.35. The molecule has 0 aromatic carbocycles. The normalized spacial score (nSPS) is 20.5. The molecule has 0 aromatic heterocycles. The van der Waals surface area contributed by atoms with Gasteiger partial charge in [0.05, 0.1) is 19.1 Å². The number of carbonyl (C=O) groups is 1. The molecule has 88 valence electrons. The third-order valence-electron chi connectivity index (χ3n) is 2.55. The van der Waals surface area contributed by atoms with Crippen molar-refractivity contribution < 1.29 is 14.3 Å². The molecule has 1 rings (SSSR count). The molecule has 0 spiro atoms. The van der Waals surface area contributed by atoms with E-state index in [0.29, 0.717) is 39.5 Å². The van der Waals surface area contributed by atoms with Gasteiger partial charge >= 0.3 is 0 Å². The standard InChI is InChI=1S/C10H20N2O3/c1-14-7-5-12(4-3-11)10(13)9-2-6-15-8-9/h9H,2-8,11H2,1H3. The molecule has 5 heteroatoms. The molecule has 5 nitrogen and oxygen atoms in total. The Morgan fingerprint density at radius 3 is 2.93 bits per heavy atom. The summed E-state index contributed by atoms with van der Waals surface area (Å²) >= 11 is 0. The highest BCUT2D eigenvalue weighted by molar-refractivity contribution is 5.79. The van der Waals surface area contributed by atoms with E-state index >= 15 is 0 Å². The molecular formula is C10H20N2O3. The summed E-state index contributed by atoms with van der Waals surface area (Å²) in [5.41, 5.74) is 5.47. The van der Waals surface area contributed by atoms with Crippen LogP contribution in [-0.2, 0) is 14.3 Å². The van der Waals surface area contributed by atoms with Gasteiger partial charge in [-0.15, -0.1) is 0 Å². The second kappa shape index (κ2) is 6.76. The van der Waals surface area contributed by atoms with E-state index < -0.39 is 0 Å². The van der Waals surface area contributed by atoms with Crippen molar-refractivity contribution in [2.45, 2.75) is 6.42 Å². The van der Waals surface area contributed by atoms with Crippen LogP contribution in [0.25, 0.3) is 0 Å². The minimum absolute atomic E-state index is 0.0217. The Labute approximate surface area is 90.5 Å². The van der Waals surface area contributed by atoms with E-state index in [9.17, 15) is 4.79 Å². The summed E-state index contributed by atoms with van der Waals surface area (Å²) in [4.78, 5) is 13.7. The smallest absolute Gasteiger partial charge is 0.228 e. The Morgan fingerprint density at radius 2 is 2.40 bits per heavy atom. The minimum atomic E-state index is 0.0217. The fraction of sp³-hybridized carbons (Fsp3) is 0.900. The van der Waals surface area contributed by atoms with Crippen molar-refractivity contribution in [3.63, 3.8) is 0 Å². The van der Waals surface area contributed by atoms with Crippen LogP contribution in [-0.4, -0.2) is 57.4 Å². The zero-order chi connectivity index (χ0) is 11.1. The first-order chi connectivity index (χ1) is 7.29. The Kier molecular flexibility index (Phi) is 5.60. The van der Waals surface area contributed by atoms with Gasteiger partial charge in [0.1, 0.15) is 0 Å². The maximum Gasteiger partial charge on any atom is 0.228 e. The predicted octanol–water partition coefficient (Wildman–Crippen LogP) is -0.543. The molecule has 1 aliphatic rings. The van der Waals surface area contributed by atoms with Gasteiger partial charge in [-0.1, -0.05) is 0 Å². The van der Waals surface area contributed by atoms with Crippen molar-refractivity contribution in [1.29, 1.82) is 0 Å². The third kappa shape index (κ3) is 3.77. The van der Waals surface area contributed by atoms with E-state index in [2.05, 4.69) is 0 Å². The van der Waals surface area contributed by atoms with Gasteiger partial charge in [-0.3, -0.25) is 4.79 Å². The fourth-order valence-corrected chi connectivity index (χ4v) is 1.68. The highest BCUT2D eigenvalue weighted by Gasteiger charge is 2.27. The lowest BCUT2D eigenvalue weighted by Gasteiger charge is -2.24. The molecule has 2 N–H and O–H groups in total. The van der Waals surface area contributed by atoms with Crippen LogP contribution in [0.4, 0.5) is 0 Å². The number of ether oxygens (including phenoxy) is 2. The Hall–Kier alpha value is -0.650. The molecule has 1 heterocycles. The second-order valence-corrected chi connectivity index (χ2v) is 3.67. The van der Waals surface area contributed by atoms with Gasteiger partial charge in [0, 0.05) is 33.4 Å². The zero-order valence-corrected chi connectivity index (χ0v) is 9.28. The molecule has 1 unspecified atom stereocenters. The zero-order valence-electron chi connectivity index (χ0n) is 9.28. The lowest BCUT2D eigenvalue weighted by molar-refractivity contribution is -0.136. The van der Waals surface area contributed by atoms with Crippen LogP contribution < -0.4 is 5.73 Å². The molecule has 1 fully saturated rings. The van der Waals surface area contributed by atoms with Gasteiger partial charge in [0.25, 0.3) is 0 Å². The first kappa shape index (κ1) is 12.4. The number of carbonyl (C=O) groups excluding carboxylic acids is 1. The lowest BCUT2D eigenvalue weighted by atomic mass is 10.1. The van der Waals surface area contributed by atoms with Gasteiger partial charge in [0.2, 0.25) is 5.91 Å². The Bertz CT molecular complexity index is 193. The van der Waals surface area contributed by atoms with Gasteiger partial charge in [-0.05, 0) is 6.42 Å². The van der Waals surface area contributed by atoms with Gasteiger partial charge in [-0.2, -0.15) is 0 Å². The van der Waals surface area contributed by atoms with Crippen LogP contribution >= 0.6 is 0 Å². The van der Waals surface area contributed by atoms with E-state index in [-0.39, 0.29) is 11.8 Å². The van der Waals surface area contributed by atoms with Crippen LogP contribution in [0.2, 0.25) is 0 Å². The van der Waals surface area contributed by atoms with E-state index in [0.717, 1.165) is 6.42 Å². The lowest BCUT2D eigenvalue weighted by Crippen LogP contribution is -2.41. The molecule has 1 saturated heterocycles. The molecule has 1 atom stereocenters. The number of rotatable bonds is 6. The number of hydrogen-bond donors (Lipinski definition) is 1. The predicted molar refractivity (Wildman–Crippen MR) is 56.4 cm³/mol. The van der Waals surface area contributed by atoms with E-state index in [1.165, 1.54) is 0 Å². The molecule has 0 saturated carbocycles. The van der Waals surface area contributed by atoms with Crippen molar-refractivity contribution in [3.8, 4) is 0 Å². The molecule has 1 aliphatic heterocycles. The molecule has 0 aromatic rings. The minimum Gasteiger partial charge on any atom is -0.383 e. The van der Waals surface area contributed by atoms with Crippen molar-refractivity contribution in [3.05, 3.63) is 0 Å². The van der Waals surface area contributed by atoms with Crippen molar-refractivity contribution in [2.75, 3.05) is 46.6 Å². The summed E-state index contributed by atoms with van der Waals surface area (Å²) in [5.74, 6) is 0.170. The topological polar surface area (TPSA) is 64.8 Å². The summed E-state index contributed by atoms with van der Waals surface area (Å²) in [6.07, 6.45) is 0.826. The maximum absolute atomic E-state index is 12.0. The van der Waals surface area contributed by atoms with Crippen molar-refractivity contribution in [2.24, 2.45) is 11.7 Å². The van der Waals surface area contributed by atoms with Crippen LogP contribution in [0.3, 0.4) is 0 Å². The van der Waals surface area contributed by atoms with E-state index in [4.69, 9.17) is 15.2 Å². The van der Waals surface area contributed by atoms with E-state index in [1.54, 1.807) is 12.0 Å². The summed E-state index contributed by atoms with van der Waals surface area (Å²) in [7, 11) is 1.63. The molecule has 1 amide bonds. The summed E-state index contributed by atoms with van der Waals surface area (Å²) in [6, 6.07) is 0. The number of nitrogens with two attached hydrogens (primary N) is 1. The van der Waals surface area contributed by atoms with Crippen LogP contribution in [0.15, 0.2) is 0 Å². The van der Waals surface area contributed by atoms with Crippen LogP contribution in [0.5, 0.6) is 0 Å². The highest BCUT2D eigenvalue weighted by Crippen LogP contribution is 2.15. The molecule has 0 bridgehead atoms. The molecule has 0 radical (unpaired) electrons. The van der Waals surface area contributed by atoms with Gasteiger partial charge in [-0.25, -0.2) is 0 Å². The van der Waals surface area contributed by atoms with Crippen molar-refractivity contribution >= 4 is 5.91 Å². The number of methoxy groups -OCH3 is 1. The maximum atomic E-state index is 12.0. The van der Waals surface area contributed by atoms with Crippen LogP contribution in [0, 0.1) is 5.92 Å². The number of nitrogens with zero attached hydrogens (tertiary/aromatic N) is 1. The highest BCUT2D eigenvalue weighted by atomic mass is 16.5. The largest absolute Gasteiger partial charge is 0.383 e. The Balaban J connectivity index is 2.41. The summed E-state index contributed by atoms with van der Waals surface area (Å²) < 4.78 is 10.2. The second-order valence-electron chi connectivity index (χ2n) is 3.67. The molecule has 15 heavy (non-hydrogen) atoms. The molecular weight excluding hydrogens is 196 g/mol. The fourth-order valence-electron chi connectivity index (χ4n) is 1.68. The van der Waals surface area contributed by atoms with Crippen LogP contribution in [0.1, 0.15) is 6.42 Å². The average Bonchev–Trinajstić information content (AvgIpc) is 2.76. The SMILES string of the molecule is COCCN(CCN)C(=O)C1CCOC1. The summed E-state index contributed by atoms with van der Waals surface area (Å²) in [6.45, 7) is 3.49. The average molecular weight is 216 g/mol. The van der Waals surface area contributed by atoms with Gasteiger partial charge < -0.3 is 20.1 Å². The number of hydrogen-bond acceptors (Lipinski definition) is 4. The third-order valence-corrected chi connectivity index (χ3v) is 2.55. The monoisotopic (exact) mass is 216 g/mol. The van der Waals surface area contributed by atoms with Crippen molar-refractivity contribution in [1.82, 2.24) is 4.90 Å².